The summed E-state index contributed by atoms with van der Waals surface area (Å²) in [6.07, 6.45) is 5.04. The third-order valence-corrected chi connectivity index (χ3v) is 4.46. The summed E-state index contributed by atoms with van der Waals surface area (Å²) in [5.41, 5.74) is 0.555. The summed E-state index contributed by atoms with van der Waals surface area (Å²) in [7, 11) is 1.34. The van der Waals surface area contributed by atoms with Crippen LogP contribution in [-0.4, -0.2) is 34.3 Å². The van der Waals surface area contributed by atoms with Gasteiger partial charge >= 0.3 is 5.97 Å². The fraction of sp³-hybridized carbons (Fsp3) is 0.389. The van der Waals surface area contributed by atoms with Crippen molar-refractivity contribution in [3.05, 3.63) is 53.9 Å². The number of benzene rings is 1. The third-order valence-electron chi connectivity index (χ3n) is 4.46. The monoisotopic (exact) mass is 327 g/mol. The normalized spacial score (nSPS) is 16.2. The van der Waals surface area contributed by atoms with E-state index in [2.05, 4.69) is 10.4 Å². The lowest BCUT2D eigenvalue weighted by Gasteiger charge is -2.27. The van der Waals surface area contributed by atoms with Crippen LogP contribution >= 0.6 is 0 Å². The molecule has 1 aromatic heterocycles. The number of methoxy groups -OCH3 is 1. The lowest BCUT2D eigenvalue weighted by Crippen LogP contribution is -2.54. The van der Waals surface area contributed by atoms with Crippen LogP contribution in [0, 0.1) is 5.92 Å². The zero-order valence-electron chi connectivity index (χ0n) is 13.9. The SMILES string of the molecule is COC(=O)[C@](C)(NC(=O)c1cnn(Cc2ccccc2)c1)C1CC1. The van der Waals surface area contributed by atoms with Gasteiger partial charge in [-0.05, 0) is 31.2 Å². The number of esters is 1. The Labute approximate surface area is 140 Å². The molecule has 0 radical (unpaired) electrons. The van der Waals surface area contributed by atoms with Gasteiger partial charge in [0.05, 0.1) is 25.4 Å². The molecular weight excluding hydrogens is 306 g/mol. The van der Waals surface area contributed by atoms with Crippen molar-refractivity contribution in [3.8, 4) is 0 Å². The van der Waals surface area contributed by atoms with Gasteiger partial charge in [0.15, 0.2) is 0 Å². The van der Waals surface area contributed by atoms with Crippen molar-refractivity contribution < 1.29 is 14.3 Å². The minimum Gasteiger partial charge on any atom is -0.467 e. The maximum absolute atomic E-state index is 12.5. The van der Waals surface area contributed by atoms with Crippen molar-refractivity contribution in [1.29, 1.82) is 0 Å². The van der Waals surface area contributed by atoms with Gasteiger partial charge in [-0.2, -0.15) is 5.10 Å². The van der Waals surface area contributed by atoms with E-state index in [1.807, 2.05) is 30.3 Å². The highest BCUT2D eigenvalue weighted by molar-refractivity contribution is 5.97. The van der Waals surface area contributed by atoms with Crippen molar-refractivity contribution in [2.75, 3.05) is 7.11 Å². The molecule has 0 bridgehead atoms. The van der Waals surface area contributed by atoms with E-state index in [1.54, 1.807) is 17.8 Å². The van der Waals surface area contributed by atoms with E-state index in [0.29, 0.717) is 12.1 Å². The molecule has 6 heteroatoms. The average Bonchev–Trinajstić information content (AvgIpc) is 3.35. The fourth-order valence-electron chi connectivity index (χ4n) is 2.84. The topological polar surface area (TPSA) is 73.2 Å². The second kappa shape index (κ2) is 6.47. The average molecular weight is 327 g/mol. The Morgan fingerprint density at radius 1 is 1.33 bits per heavy atom. The van der Waals surface area contributed by atoms with Gasteiger partial charge in [0, 0.05) is 6.20 Å². The molecule has 0 unspecified atom stereocenters. The summed E-state index contributed by atoms with van der Waals surface area (Å²) in [5.74, 6) is -0.586. The van der Waals surface area contributed by atoms with E-state index < -0.39 is 11.5 Å². The molecule has 1 saturated carbocycles. The van der Waals surface area contributed by atoms with Gasteiger partial charge in [0.1, 0.15) is 5.54 Å². The summed E-state index contributed by atoms with van der Waals surface area (Å²) < 4.78 is 6.57. The third kappa shape index (κ3) is 3.32. The number of rotatable bonds is 6. The molecule has 24 heavy (non-hydrogen) atoms. The van der Waals surface area contributed by atoms with Crippen LogP contribution in [0.15, 0.2) is 42.7 Å². The number of aromatic nitrogens is 2. The van der Waals surface area contributed by atoms with E-state index in [9.17, 15) is 9.59 Å². The Morgan fingerprint density at radius 3 is 2.67 bits per heavy atom. The number of hydrogen-bond acceptors (Lipinski definition) is 4. The Morgan fingerprint density at radius 2 is 2.04 bits per heavy atom. The Kier molecular flexibility index (Phi) is 4.38. The molecule has 1 atom stereocenters. The first-order valence-corrected chi connectivity index (χ1v) is 8.00. The van der Waals surface area contributed by atoms with Gasteiger partial charge in [-0.15, -0.1) is 0 Å². The van der Waals surface area contributed by atoms with E-state index in [1.165, 1.54) is 13.3 Å². The molecule has 1 aliphatic rings. The lowest BCUT2D eigenvalue weighted by atomic mass is 9.95. The van der Waals surface area contributed by atoms with Crippen LogP contribution in [0.3, 0.4) is 0 Å². The van der Waals surface area contributed by atoms with E-state index in [-0.39, 0.29) is 11.8 Å². The first-order valence-electron chi connectivity index (χ1n) is 8.00. The molecule has 0 aliphatic heterocycles. The predicted octanol–water partition coefficient (Wildman–Crippen LogP) is 2.00. The molecule has 2 aromatic rings. The highest BCUT2D eigenvalue weighted by Crippen LogP contribution is 2.40. The van der Waals surface area contributed by atoms with Crippen molar-refractivity contribution in [3.63, 3.8) is 0 Å². The van der Waals surface area contributed by atoms with Gasteiger partial charge in [0.25, 0.3) is 5.91 Å². The number of ether oxygens (including phenoxy) is 1. The molecule has 3 rings (SSSR count). The Balaban J connectivity index is 1.70. The summed E-state index contributed by atoms with van der Waals surface area (Å²) in [5, 5.41) is 7.06. The van der Waals surface area contributed by atoms with Crippen molar-refractivity contribution in [1.82, 2.24) is 15.1 Å². The zero-order chi connectivity index (χ0) is 17.2. The standard InChI is InChI=1S/C18H21N3O3/c1-18(15-8-9-15,17(23)24-2)20-16(22)14-10-19-21(12-14)11-13-6-4-3-5-7-13/h3-7,10,12,15H,8-9,11H2,1-2H3,(H,20,22)/t18-/m1/s1. The van der Waals surface area contributed by atoms with Crippen molar-refractivity contribution in [2.24, 2.45) is 5.92 Å². The van der Waals surface area contributed by atoms with E-state index >= 15 is 0 Å². The summed E-state index contributed by atoms with van der Waals surface area (Å²) in [4.78, 5) is 24.6. The maximum Gasteiger partial charge on any atom is 0.331 e. The van der Waals surface area contributed by atoms with E-state index in [0.717, 1.165) is 18.4 Å². The first-order chi connectivity index (χ1) is 11.5. The van der Waals surface area contributed by atoms with Crippen LogP contribution in [0.2, 0.25) is 0 Å². The molecule has 1 N–H and O–H groups in total. The van der Waals surface area contributed by atoms with Crippen LogP contribution < -0.4 is 5.32 Å². The summed E-state index contributed by atoms with van der Waals surface area (Å²) in [6, 6.07) is 9.89. The minimum atomic E-state index is -0.979. The predicted molar refractivity (Wildman–Crippen MR) is 88.4 cm³/mol. The Bertz CT molecular complexity index is 737. The molecule has 1 fully saturated rings. The quantitative estimate of drug-likeness (QED) is 0.824. The summed E-state index contributed by atoms with van der Waals surface area (Å²) >= 11 is 0. The van der Waals surface area contributed by atoms with Gasteiger partial charge in [-0.1, -0.05) is 30.3 Å². The molecule has 6 nitrogen and oxygen atoms in total. The second-order valence-electron chi connectivity index (χ2n) is 6.33. The number of nitrogens with zero attached hydrogens (tertiary/aromatic N) is 2. The first kappa shape index (κ1) is 16.2. The van der Waals surface area contributed by atoms with Crippen LogP contribution in [-0.2, 0) is 16.1 Å². The van der Waals surface area contributed by atoms with Crippen LogP contribution in [0.5, 0.6) is 0 Å². The minimum absolute atomic E-state index is 0.133. The van der Waals surface area contributed by atoms with Crippen LogP contribution in [0.1, 0.15) is 35.7 Å². The molecule has 1 aromatic carbocycles. The molecular formula is C18H21N3O3. The van der Waals surface area contributed by atoms with Gasteiger partial charge in [-0.25, -0.2) is 4.79 Å². The number of amides is 1. The van der Waals surface area contributed by atoms with Gasteiger partial charge in [-0.3, -0.25) is 9.48 Å². The van der Waals surface area contributed by atoms with Crippen LogP contribution in [0.25, 0.3) is 0 Å². The summed E-state index contributed by atoms with van der Waals surface area (Å²) in [6.45, 7) is 2.31. The van der Waals surface area contributed by atoms with Crippen molar-refractivity contribution in [2.45, 2.75) is 31.8 Å². The smallest absolute Gasteiger partial charge is 0.331 e. The number of hydrogen-bond donors (Lipinski definition) is 1. The number of carbonyl (C=O) groups excluding carboxylic acids is 2. The lowest BCUT2D eigenvalue weighted by molar-refractivity contribution is -0.148. The highest BCUT2D eigenvalue weighted by Gasteiger charge is 2.49. The molecule has 1 heterocycles. The second-order valence-corrected chi connectivity index (χ2v) is 6.33. The van der Waals surface area contributed by atoms with Gasteiger partial charge in [0.2, 0.25) is 0 Å². The highest BCUT2D eigenvalue weighted by atomic mass is 16.5. The fourth-order valence-corrected chi connectivity index (χ4v) is 2.84. The maximum atomic E-state index is 12.5. The number of carbonyl (C=O) groups is 2. The van der Waals surface area contributed by atoms with Crippen LogP contribution in [0.4, 0.5) is 0 Å². The molecule has 126 valence electrons. The van der Waals surface area contributed by atoms with E-state index in [4.69, 9.17) is 4.74 Å². The largest absolute Gasteiger partial charge is 0.467 e. The van der Waals surface area contributed by atoms with Crippen molar-refractivity contribution >= 4 is 11.9 Å². The molecule has 1 aliphatic carbocycles. The number of nitrogens with one attached hydrogen (secondary N) is 1. The zero-order valence-corrected chi connectivity index (χ0v) is 13.9. The Hall–Kier alpha value is -2.63. The molecule has 0 spiro atoms. The van der Waals surface area contributed by atoms with Gasteiger partial charge < -0.3 is 10.1 Å². The molecule has 1 amide bonds. The molecule has 0 saturated heterocycles.